The number of nitrogens with two attached hydrogens (primary N) is 1. The van der Waals surface area contributed by atoms with E-state index in [1.165, 1.54) is 19.4 Å². The maximum Gasteiger partial charge on any atom is 0.255 e. The molecule has 0 unspecified atom stereocenters. The molecule has 6 nitrogen and oxygen atoms in total. The van der Waals surface area contributed by atoms with E-state index in [4.69, 9.17) is 22.2 Å². The molecule has 2 aromatic rings. The van der Waals surface area contributed by atoms with E-state index in [9.17, 15) is 4.79 Å². The zero-order valence-electron chi connectivity index (χ0n) is 10.7. The Morgan fingerprint density at radius 3 is 2.85 bits per heavy atom. The summed E-state index contributed by atoms with van der Waals surface area (Å²) in [6.07, 6.45) is 1.48. The number of benzene rings is 1. The highest BCUT2D eigenvalue weighted by molar-refractivity contribution is 6.34. The molecular weight excluding hydrogens is 280 g/mol. The average molecular weight is 293 g/mol. The van der Waals surface area contributed by atoms with Gasteiger partial charge in [-0.25, -0.2) is 10.8 Å². The van der Waals surface area contributed by atoms with Gasteiger partial charge in [-0.05, 0) is 24.3 Å². The number of hydrazine groups is 1. The van der Waals surface area contributed by atoms with Crippen LogP contribution in [0.3, 0.4) is 0 Å². The molecule has 0 saturated carbocycles. The van der Waals surface area contributed by atoms with Crippen molar-refractivity contribution in [2.75, 3.05) is 17.9 Å². The fourth-order valence-corrected chi connectivity index (χ4v) is 1.74. The van der Waals surface area contributed by atoms with Crippen LogP contribution in [0.25, 0.3) is 0 Å². The summed E-state index contributed by atoms with van der Waals surface area (Å²) in [4.78, 5) is 16.1. The molecule has 0 spiro atoms. The van der Waals surface area contributed by atoms with Crippen LogP contribution in [-0.4, -0.2) is 18.0 Å². The van der Waals surface area contributed by atoms with Gasteiger partial charge in [0, 0.05) is 17.8 Å². The van der Waals surface area contributed by atoms with Gasteiger partial charge in [-0.1, -0.05) is 11.6 Å². The topological polar surface area (TPSA) is 89.3 Å². The Bertz CT molecular complexity index is 634. The summed E-state index contributed by atoms with van der Waals surface area (Å²) in [5.74, 6) is 5.93. The standard InChI is InChI=1S/C13H13ClN4O2/c1-20-9-2-3-10(14)11(7-9)17-13(19)8-4-5-16-12(6-8)18-15/h2-7H,15H2,1H3,(H,16,18)(H,17,19). The third-order valence-electron chi connectivity index (χ3n) is 2.59. The summed E-state index contributed by atoms with van der Waals surface area (Å²) in [5, 5.41) is 3.13. The van der Waals surface area contributed by atoms with Crippen molar-refractivity contribution >= 4 is 29.0 Å². The predicted octanol–water partition coefficient (Wildman–Crippen LogP) is 2.28. The lowest BCUT2D eigenvalue weighted by molar-refractivity contribution is 0.102. The molecule has 0 fully saturated rings. The Morgan fingerprint density at radius 2 is 2.15 bits per heavy atom. The van der Waals surface area contributed by atoms with Crippen LogP contribution < -0.4 is 21.3 Å². The van der Waals surface area contributed by atoms with Gasteiger partial charge in [-0.15, -0.1) is 0 Å². The van der Waals surface area contributed by atoms with Crippen LogP contribution in [0.15, 0.2) is 36.5 Å². The molecule has 0 saturated heterocycles. The highest BCUT2D eigenvalue weighted by Crippen LogP contribution is 2.27. The summed E-state index contributed by atoms with van der Waals surface area (Å²) >= 11 is 6.03. The molecule has 0 bridgehead atoms. The molecule has 7 heteroatoms. The summed E-state index contributed by atoms with van der Waals surface area (Å²) in [6, 6.07) is 8.10. The number of pyridine rings is 1. The first kappa shape index (κ1) is 14.1. The second-order valence-electron chi connectivity index (χ2n) is 3.87. The van der Waals surface area contributed by atoms with E-state index in [0.717, 1.165) is 0 Å². The van der Waals surface area contributed by atoms with Crippen LogP contribution in [0, 0.1) is 0 Å². The number of ether oxygens (including phenoxy) is 1. The Labute approximate surface area is 120 Å². The molecule has 4 N–H and O–H groups in total. The van der Waals surface area contributed by atoms with Crippen molar-refractivity contribution in [2.45, 2.75) is 0 Å². The largest absolute Gasteiger partial charge is 0.497 e. The third-order valence-corrected chi connectivity index (χ3v) is 2.92. The quantitative estimate of drug-likeness (QED) is 0.594. The SMILES string of the molecule is COc1ccc(Cl)c(NC(=O)c2ccnc(NN)c2)c1. The van der Waals surface area contributed by atoms with Crippen molar-refractivity contribution in [3.63, 3.8) is 0 Å². The van der Waals surface area contributed by atoms with Gasteiger partial charge in [-0.3, -0.25) is 4.79 Å². The van der Waals surface area contributed by atoms with Gasteiger partial charge < -0.3 is 15.5 Å². The van der Waals surface area contributed by atoms with Crippen molar-refractivity contribution in [2.24, 2.45) is 5.84 Å². The molecule has 0 aliphatic carbocycles. The number of carbonyl (C=O) groups excluding carboxylic acids is 1. The average Bonchev–Trinajstić information content (AvgIpc) is 2.49. The van der Waals surface area contributed by atoms with E-state index < -0.39 is 0 Å². The first-order valence-corrected chi connectivity index (χ1v) is 6.09. The molecule has 1 heterocycles. The lowest BCUT2D eigenvalue weighted by atomic mass is 10.2. The van der Waals surface area contributed by atoms with Crippen molar-refractivity contribution in [1.29, 1.82) is 0 Å². The summed E-state index contributed by atoms with van der Waals surface area (Å²) in [6.45, 7) is 0. The number of carbonyl (C=O) groups is 1. The molecule has 1 aromatic carbocycles. The number of nitrogen functional groups attached to an aromatic ring is 1. The summed E-state index contributed by atoms with van der Waals surface area (Å²) in [5.41, 5.74) is 3.26. The van der Waals surface area contributed by atoms with E-state index in [1.807, 2.05) is 0 Å². The fraction of sp³-hybridized carbons (Fsp3) is 0.0769. The van der Waals surface area contributed by atoms with Gasteiger partial charge in [0.1, 0.15) is 11.6 Å². The van der Waals surface area contributed by atoms with Gasteiger partial charge in [0.15, 0.2) is 0 Å². The van der Waals surface area contributed by atoms with E-state index in [0.29, 0.717) is 27.8 Å². The smallest absolute Gasteiger partial charge is 0.255 e. The predicted molar refractivity (Wildman–Crippen MR) is 78.0 cm³/mol. The first-order chi connectivity index (χ1) is 9.63. The number of anilines is 2. The van der Waals surface area contributed by atoms with Crippen molar-refractivity contribution in [1.82, 2.24) is 4.98 Å². The summed E-state index contributed by atoms with van der Waals surface area (Å²) < 4.78 is 5.09. The van der Waals surface area contributed by atoms with Crippen LogP contribution in [0.1, 0.15) is 10.4 Å². The zero-order valence-corrected chi connectivity index (χ0v) is 11.4. The van der Waals surface area contributed by atoms with Crippen LogP contribution in [0.2, 0.25) is 5.02 Å². The van der Waals surface area contributed by atoms with Crippen molar-refractivity contribution in [3.05, 3.63) is 47.1 Å². The van der Waals surface area contributed by atoms with Gasteiger partial charge in [-0.2, -0.15) is 0 Å². The number of rotatable bonds is 4. The molecule has 2 rings (SSSR count). The number of hydrogen-bond donors (Lipinski definition) is 3. The number of nitrogens with one attached hydrogen (secondary N) is 2. The van der Waals surface area contributed by atoms with Crippen LogP contribution >= 0.6 is 11.6 Å². The molecule has 0 atom stereocenters. The second-order valence-corrected chi connectivity index (χ2v) is 4.28. The highest BCUT2D eigenvalue weighted by atomic mass is 35.5. The van der Waals surface area contributed by atoms with Crippen molar-refractivity contribution < 1.29 is 9.53 Å². The van der Waals surface area contributed by atoms with E-state index in [2.05, 4.69) is 15.7 Å². The van der Waals surface area contributed by atoms with Crippen LogP contribution in [-0.2, 0) is 0 Å². The van der Waals surface area contributed by atoms with Gasteiger partial charge in [0.2, 0.25) is 0 Å². The third kappa shape index (κ3) is 3.17. The fourth-order valence-electron chi connectivity index (χ4n) is 1.57. The Morgan fingerprint density at radius 1 is 1.35 bits per heavy atom. The van der Waals surface area contributed by atoms with E-state index in [1.54, 1.807) is 24.3 Å². The van der Waals surface area contributed by atoms with E-state index in [-0.39, 0.29) is 5.91 Å². The van der Waals surface area contributed by atoms with Gasteiger partial charge in [0.25, 0.3) is 5.91 Å². The number of nitrogens with zero attached hydrogens (tertiary/aromatic N) is 1. The monoisotopic (exact) mass is 292 g/mol. The zero-order chi connectivity index (χ0) is 14.5. The molecular formula is C13H13ClN4O2. The molecule has 1 aromatic heterocycles. The van der Waals surface area contributed by atoms with E-state index >= 15 is 0 Å². The Kier molecular flexibility index (Phi) is 4.39. The number of hydrogen-bond acceptors (Lipinski definition) is 5. The van der Waals surface area contributed by atoms with Gasteiger partial charge >= 0.3 is 0 Å². The lowest BCUT2D eigenvalue weighted by Gasteiger charge is -2.09. The molecule has 1 amide bonds. The minimum Gasteiger partial charge on any atom is -0.497 e. The number of halogens is 1. The Balaban J connectivity index is 2.22. The first-order valence-electron chi connectivity index (χ1n) is 5.71. The number of methoxy groups -OCH3 is 1. The second kappa shape index (κ2) is 6.23. The maximum atomic E-state index is 12.1. The molecule has 0 aliphatic rings. The van der Waals surface area contributed by atoms with Crippen molar-refractivity contribution in [3.8, 4) is 5.75 Å². The van der Waals surface area contributed by atoms with Gasteiger partial charge in [0.05, 0.1) is 17.8 Å². The van der Waals surface area contributed by atoms with Crippen LogP contribution in [0.5, 0.6) is 5.75 Å². The maximum absolute atomic E-state index is 12.1. The van der Waals surface area contributed by atoms with Crippen LogP contribution in [0.4, 0.5) is 11.5 Å². The normalized spacial score (nSPS) is 9.95. The molecule has 20 heavy (non-hydrogen) atoms. The highest BCUT2D eigenvalue weighted by Gasteiger charge is 2.10. The lowest BCUT2D eigenvalue weighted by Crippen LogP contribution is -2.14. The minimum atomic E-state index is -0.320. The number of amides is 1. The molecule has 0 radical (unpaired) electrons. The summed E-state index contributed by atoms with van der Waals surface area (Å²) in [7, 11) is 1.54. The minimum absolute atomic E-state index is 0.320. The molecule has 104 valence electrons. The Hall–Kier alpha value is -2.31. The number of aromatic nitrogens is 1. The molecule has 0 aliphatic heterocycles.